The third-order valence-corrected chi connectivity index (χ3v) is 1.87. The van der Waals surface area contributed by atoms with E-state index in [4.69, 9.17) is 11.6 Å². The standard InChI is InChI=1S/C6H4BrClFN/c7-2-4-1-5(8)6(9)3-10-4/h1,3H,2H2. The quantitative estimate of drug-likeness (QED) is 0.669. The second-order valence-electron chi connectivity index (χ2n) is 1.72. The van der Waals surface area contributed by atoms with Crippen molar-refractivity contribution in [2.75, 3.05) is 0 Å². The summed E-state index contributed by atoms with van der Waals surface area (Å²) in [5, 5.41) is 0.706. The summed E-state index contributed by atoms with van der Waals surface area (Å²) in [5.74, 6) is -0.480. The van der Waals surface area contributed by atoms with E-state index in [1.54, 1.807) is 0 Å². The number of alkyl halides is 1. The first-order valence-electron chi connectivity index (χ1n) is 2.60. The molecule has 0 saturated heterocycles. The minimum atomic E-state index is -0.480. The Kier molecular flexibility index (Phi) is 2.63. The second-order valence-corrected chi connectivity index (χ2v) is 2.69. The fourth-order valence-corrected chi connectivity index (χ4v) is 1.01. The molecule has 0 unspecified atom stereocenters. The highest BCUT2D eigenvalue weighted by Gasteiger charge is 1.99. The molecule has 0 saturated carbocycles. The van der Waals surface area contributed by atoms with Crippen LogP contribution >= 0.6 is 27.5 Å². The minimum Gasteiger partial charge on any atom is -0.257 e. The normalized spacial score (nSPS) is 9.90. The van der Waals surface area contributed by atoms with Crippen molar-refractivity contribution in [2.45, 2.75) is 5.33 Å². The van der Waals surface area contributed by atoms with Crippen LogP contribution in [0.25, 0.3) is 0 Å². The van der Waals surface area contributed by atoms with Gasteiger partial charge in [0.15, 0.2) is 5.82 Å². The van der Waals surface area contributed by atoms with Gasteiger partial charge in [0.25, 0.3) is 0 Å². The molecule has 0 N–H and O–H groups in total. The number of nitrogens with zero attached hydrogens (tertiary/aromatic N) is 1. The Morgan fingerprint density at radius 3 is 2.90 bits per heavy atom. The van der Waals surface area contributed by atoms with Gasteiger partial charge in [0, 0.05) is 5.33 Å². The Morgan fingerprint density at radius 1 is 1.70 bits per heavy atom. The van der Waals surface area contributed by atoms with Gasteiger partial charge < -0.3 is 0 Å². The van der Waals surface area contributed by atoms with Crippen molar-refractivity contribution in [1.29, 1.82) is 0 Å². The summed E-state index contributed by atoms with van der Waals surface area (Å²) < 4.78 is 12.4. The highest BCUT2D eigenvalue weighted by Crippen LogP contribution is 2.14. The fourth-order valence-electron chi connectivity index (χ4n) is 0.527. The zero-order chi connectivity index (χ0) is 7.56. The van der Waals surface area contributed by atoms with Gasteiger partial charge in [0.1, 0.15) is 0 Å². The van der Waals surface area contributed by atoms with Gasteiger partial charge in [-0.05, 0) is 6.07 Å². The lowest BCUT2D eigenvalue weighted by Gasteiger charge is -1.95. The topological polar surface area (TPSA) is 12.9 Å². The van der Waals surface area contributed by atoms with Crippen molar-refractivity contribution in [3.8, 4) is 0 Å². The lowest BCUT2D eigenvalue weighted by Crippen LogP contribution is -1.86. The third kappa shape index (κ3) is 1.67. The van der Waals surface area contributed by atoms with Gasteiger partial charge in [-0.15, -0.1) is 0 Å². The van der Waals surface area contributed by atoms with Gasteiger partial charge in [0.05, 0.1) is 16.9 Å². The molecule has 0 aromatic carbocycles. The molecule has 1 rings (SSSR count). The molecule has 54 valence electrons. The van der Waals surface area contributed by atoms with Gasteiger partial charge in [-0.25, -0.2) is 4.39 Å². The largest absolute Gasteiger partial charge is 0.257 e. The monoisotopic (exact) mass is 223 g/mol. The number of aromatic nitrogens is 1. The molecular formula is C6H4BrClFN. The highest BCUT2D eigenvalue weighted by molar-refractivity contribution is 9.08. The molecule has 0 amide bonds. The summed E-state index contributed by atoms with van der Waals surface area (Å²) >= 11 is 8.63. The van der Waals surface area contributed by atoms with Crippen molar-refractivity contribution < 1.29 is 4.39 Å². The van der Waals surface area contributed by atoms with E-state index in [1.807, 2.05) is 0 Å². The van der Waals surface area contributed by atoms with Crippen LogP contribution in [0.5, 0.6) is 0 Å². The number of rotatable bonds is 1. The summed E-state index contributed by atoms with van der Waals surface area (Å²) in [6.07, 6.45) is 1.11. The summed E-state index contributed by atoms with van der Waals surface area (Å²) in [5.41, 5.74) is 0.728. The molecule has 0 fully saturated rings. The molecule has 4 heteroatoms. The second kappa shape index (κ2) is 3.30. The minimum absolute atomic E-state index is 0.115. The van der Waals surface area contributed by atoms with Crippen LogP contribution < -0.4 is 0 Å². The van der Waals surface area contributed by atoms with Crippen molar-refractivity contribution in [3.63, 3.8) is 0 Å². The van der Waals surface area contributed by atoms with Crippen LogP contribution in [0.3, 0.4) is 0 Å². The summed E-state index contributed by atoms with van der Waals surface area (Å²) in [7, 11) is 0. The molecule has 10 heavy (non-hydrogen) atoms. The molecule has 0 spiro atoms. The Morgan fingerprint density at radius 2 is 2.40 bits per heavy atom. The summed E-state index contributed by atoms with van der Waals surface area (Å²) in [4.78, 5) is 3.75. The Hall–Kier alpha value is -0.150. The molecule has 1 aromatic rings. The maximum atomic E-state index is 12.4. The van der Waals surface area contributed by atoms with Gasteiger partial charge in [-0.3, -0.25) is 4.98 Å². The molecule has 0 aliphatic rings. The van der Waals surface area contributed by atoms with Crippen molar-refractivity contribution in [1.82, 2.24) is 4.98 Å². The average Bonchev–Trinajstić information content (AvgIpc) is 1.95. The predicted octanol–water partition coefficient (Wildman–Crippen LogP) is 2.77. The van der Waals surface area contributed by atoms with Gasteiger partial charge in [0.2, 0.25) is 0 Å². The molecule has 0 bridgehead atoms. The van der Waals surface area contributed by atoms with E-state index in [9.17, 15) is 4.39 Å². The van der Waals surface area contributed by atoms with Crippen molar-refractivity contribution >= 4 is 27.5 Å². The fraction of sp³-hybridized carbons (Fsp3) is 0.167. The Labute approximate surface area is 71.4 Å². The maximum absolute atomic E-state index is 12.4. The average molecular weight is 224 g/mol. The van der Waals surface area contributed by atoms with Crippen LogP contribution in [0, 0.1) is 5.82 Å². The Bertz CT molecular complexity index is 241. The first-order valence-corrected chi connectivity index (χ1v) is 4.10. The molecule has 1 heterocycles. The predicted molar refractivity (Wildman–Crippen MR) is 41.8 cm³/mol. The third-order valence-electron chi connectivity index (χ3n) is 1.00. The van der Waals surface area contributed by atoms with Gasteiger partial charge >= 0.3 is 0 Å². The van der Waals surface area contributed by atoms with E-state index in [-0.39, 0.29) is 5.02 Å². The number of pyridine rings is 1. The molecular weight excluding hydrogens is 220 g/mol. The molecule has 1 aromatic heterocycles. The van der Waals surface area contributed by atoms with Crippen molar-refractivity contribution in [2.24, 2.45) is 0 Å². The smallest absolute Gasteiger partial charge is 0.160 e. The molecule has 0 radical (unpaired) electrons. The number of hydrogen-bond acceptors (Lipinski definition) is 1. The zero-order valence-corrected chi connectivity index (χ0v) is 7.28. The van der Waals surface area contributed by atoms with Gasteiger partial charge in [-0.2, -0.15) is 0 Å². The molecule has 0 atom stereocenters. The first kappa shape index (κ1) is 7.95. The number of hydrogen-bond donors (Lipinski definition) is 0. The molecule has 1 nitrogen and oxygen atoms in total. The van der Waals surface area contributed by atoms with Gasteiger partial charge in [-0.1, -0.05) is 27.5 Å². The van der Waals surface area contributed by atoms with E-state index in [0.29, 0.717) is 5.33 Å². The highest BCUT2D eigenvalue weighted by atomic mass is 79.9. The van der Waals surface area contributed by atoms with E-state index < -0.39 is 5.82 Å². The summed E-state index contributed by atoms with van der Waals surface area (Å²) in [6, 6.07) is 1.49. The Balaban J connectivity index is 3.04. The van der Waals surface area contributed by atoms with Crippen LogP contribution in [0.1, 0.15) is 5.69 Å². The van der Waals surface area contributed by atoms with E-state index in [2.05, 4.69) is 20.9 Å². The zero-order valence-electron chi connectivity index (χ0n) is 4.94. The van der Waals surface area contributed by atoms with E-state index in [1.165, 1.54) is 6.07 Å². The van der Waals surface area contributed by atoms with Crippen LogP contribution in [0.2, 0.25) is 5.02 Å². The van der Waals surface area contributed by atoms with Crippen LogP contribution in [-0.4, -0.2) is 4.98 Å². The number of halogens is 3. The van der Waals surface area contributed by atoms with Crippen LogP contribution in [-0.2, 0) is 5.33 Å². The van der Waals surface area contributed by atoms with Crippen LogP contribution in [0.4, 0.5) is 4.39 Å². The lowest BCUT2D eigenvalue weighted by molar-refractivity contribution is 0.620. The van der Waals surface area contributed by atoms with E-state index in [0.717, 1.165) is 11.9 Å². The molecule has 0 aliphatic heterocycles. The SMILES string of the molecule is Fc1cnc(CBr)cc1Cl. The first-order chi connectivity index (χ1) is 4.74. The maximum Gasteiger partial charge on any atom is 0.160 e. The van der Waals surface area contributed by atoms with Crippen LogP contribution in [0.15, 0.2) is 12.3 Å². The summed E-state index contributed by atoms with van der Waals surface area (Å²) in [6.45, 7) is 0. The lowest BCUT2D eigenvalue weighted by atomic mass is 10.4. The van der Waals surface area contributed by atoms with E-state index >= 15 is 0 Å². The molecule has 0 aliphatic carbocycles. The van der Waals surface area contributed by atoms with Crippen molar-refractivity contribution in [3.05, 3.63) is 28.8 Å².